The summed E-state index contributed by atoms with van der Waals surface area (Å²) in [5.74, 6) is -0.597. The summed E-state index contributed by atoms with van der Waals surface area (Å²) in [7, 11) is -9.91. The Hall–Kier alpha value is -1.94. The standard InChI is InChI=1S/C76H148O17P2/c1-7-9-11-13-15-17-19-20-21-22-23-24-25-30-36-42-48-54-60-75(80)92-71(65-87-74(79)59-53-47-41-35-29-27-26-28-32-38-44-50-56-68(3)4)66-90-94(82,83)88-62-70(77)63-89-95(84,85)91-67-72(64-86-73(78)58-52-46-40-34-18-16-14-12-10-8-2)93-76(81)61-55-49-43-37-31-33-39-45-51-57-69(5)6/h68-72,77H,7-67H2,1-6H3,(H,82,83)(H,84,85)/t70-,71-,72-/m1/s1. The lowest BCUT2D eigenvalue weighted by molar-refractivity contribution is -0.161. The van der Waals surface area contributed by atoms with Gasteiger partial charge in [0, 0.05) is 25.7 Å². The molecule has 0 rings (SSSR count). The van der Waals surface area contributed by atoms with Crippen LogP contribution in [-0.2, 0) is 65.4 Å². The van der Waals surface area contributed by atoms with E-state index in [-0.39, 0.29) is 25.7 Å². The molecule has 0 saturated carbocycles. The lowest BCUT2D eigenvalue weighted by Gasteiger charge is -2.21. The molecule has 0 radical (unpaired) electrons. The number of esters is 4. The third-order valence-corrected chi connectivity index (χ3v) is 19.6. The number of carbonyl (C=O) groups excluding carboxylic acids is 4. The van der Waals surface area contributed by atoms with Crippen LogP contribution < -0.4 is 0 Å². The Bertz CT molecular complexity index is 1840. The van der Waals surface area contributed by atoms with Crippen LogP contribution in [0, 0.1) is 11.8 Å². The number of phosphoric acid groups is 2. The lowest BCUT2D eigenvalue weighted by Crippen LogP contribution is -2.30. The maximum Gasteiger partial charge on any atom is 0.472 e. The predicted molar refractivity (Wildman–Crippen MR) is 386 cm³/mol. The fourth-order valence-corrected chi connectivity index (χ4v) is 13.2. The van der Waals surface area contributed by atoms with Crippen LogP contribution in [0.15, 0.2) is 0 Å². The number of unbranched alkanes of at least 4 members (excludes halogenated alkanes) is 45. The van der Waals surface area contributed by atoms with Crippen molar-refractivity contribution in [3.05, 3.63) is 0 Å². The minimum Gasteiger partial charge on any atom is -0.462 e. The van der Waals surface area contributed by atoms with Gasteiger partial charge in [-0.1, -0.05) is 343 Å². The van der Waals surface area contributed by atoms with E-state index >= 15 is 0 Å². The highest BCUT2D eigenvalue weighted by Gasteiger charge is 2.30. The average Bonchev–Trinajstić information content (AvgIpc) is 2.97. The Morgan fingerprint density at radius 2 is 0.484 bits per heavy atom. The van der Waals surface area contributed by atoms with Crippen LogP contribution in [0.5, 0.6) is 0 Å². The molecule has 0 aliphatic rings. The zero-order valence-corrected chi connectivity index (χ0v) is 63.8. The van der Waals surface area contributed by atoms with E-state index in [1.807, 2.05) is 0 Å². The van der Waals surface area contributed by atoms with Crippen LogP contribution in [0.25, 0.3) is 0 Å². The Morgan fingerprint density at radius 1 is 0.284 bits per heavy atom. The molecule has 0 bridgehead atoms. The molecule has 17 nitrogen and oxygen atoms in total. The smallest absolute Gasteiger partial charge is 0.462 e. The second-order valence-electron chi connectivity index (χ2n) is 28.3. The normalized spacial score (nSPS) is 14.0. The summed E-state index contributed by atoms with van der Waals surface area (Å²) in [6.45, 7) is 9.58. The molecule has 0 aliphatic carbocycles. The average molecular weight is 1400 g/mol. The molecule has 5 atom stereocenters. The van der Waals surface area contributed by atoms with Crippen molar-refractivity contribution in [2.75, 3.05) is 39.6 Å². The third kappa shape index (κ3) is 70.3. The van der Waals surface area contributed by atoms with Crippen LogP contribution in [0.1, 0.15) is 395 Å². The van der Waals surface area contributed by atoms with Gasteiger partial charge in [-0.05, 0) is 37.5 Å². The van der Waals surface area contributed by atoms with E-state index in [9.17, 15) is 43.2 Å². The van der Waals surface area contributed by atoms with Crippen LogP contribution in [0.2, 0.25) is 0 Å². The second-order valence-corrected chi connectivity index (χ2v) is 31.3. The zero-order chi connectivity index (χ0) is 70.0. The molecular weight excluding hydrogens is 1250 g/mol. The molecule has 3 N–H and O–H groups in total. The Labute approximate surface area is 581 Å². The lowest BCUT2D eigenvalue weighted by atomic mass is 10.0. The third-order valence-electron chi connectivity index (χ3n) is 17.7. The predicted octanol–water partition coefficient (Wildman–Crippen LogP) is 22.3. The maximum atomic E-state index is 13.1. The van der Waals surface area contributed by atoms with E-state index in [1.54, 1.807) is 0 Å². The summed E-state index contributed by atoms with van der Waals surface area (Å²) in [5, 5.41) is 10.6. The maximum absolute atomic E-state index is 13.1. The summed E-state index contributed by atoms with van der Waals surface area (Å²) in [5.41, 5.74) is 0. The Kier molecular flexibility index (Phi) is 66.5. The minimum absolute atomic E-state index is 0.106. The minimum atomic E-state index is -4.96. The number of hydrogen-bond donors (Lipinski definition) is 3. The van der Waals surface area contributed by atoms with Gasteiger partial charge in [0.15, 0.2) is 12.2 Å². The fourth-order valence-electron chi connectivity index (χ4n) is 11.7. The topological polar surface area (TPSA) is 237 Å². The van der Waals surface area contributed by atoms with Gasteiger partial charge in [0.1, 0.15) is 19.3 Å². The molecule has 564 valence electrons. The number of aliphatic hydroxyl groups excluding tert-OH is 1. The fraction of sp³-hybridized carbons (Fsp3) is 0.947. The molecule has 0 aromatic carbocycles. The molecule has 0 aromatic heterocycles. The molecule has 0 heterocycles. The first-order valence-corrected chi connectivity index (χ1v) is 42.5. The van der Waals surface area contributed by atoms with Gasteiger partial charge in [0.05, 0.1) is 26.4 Å². The summed E-state index contributed by atoms with van der Waals surface area (Å²) >= 11 is 0. The van der Waals surface area contributed by atoms with Crippen molar-refractivity contribution >= 4 is 39.5 Å². The van der Waals surface area contributed by atoms with E-state index < -0.39 is 97.5 Å². The summed E-state index contributed by atoms with van der Waals surface area (Å²) in [6.07, 6.45) is 55.5. The number of carbonyl (C=O) groups is 4. The van der Waals surface area contributed by atoms with Gasteiger partial charge < -0.3 is 33.8 Å². The van der Waals surface area contributed by atoms with Crippen molar-refractivity contribution in [1.29, 1.82) is 0 Å². The van der Waals surface area contributed by atoms with E-state index in [4.69, 9.17) is 37.0 Å². The number of rotatable bonds is 75. The number of ether oxygens (including phenoxy) is 4. The molecule has 0 aliphatic heterocycles. The van der Waals surface area contributed by atoms with Gasteiger partial charge in [-0.25, -0.2) is 9.13 Å². The molecular formula is C76H148O17P2. The van der Waals surface area contributed by atoms with E-state index in [1.165, 1.54) is 212 Å². The molecule has 0 fully saturated rings. The SMILES string of the molecule is CCCCCCCCCCCCCCCCCCCCC(=O)O[C@H](COC(=O)CCCCCCCCCCCCCCC(C)C)COP(=O)(O)OC[C@@H](O)COP(=O)(O)OC[C@@H](COC(=O)CCCCCCCCCCCC)OC(=O)CCCCCCCCCCCC(C)C. The van der Waals surface area contributed by atoms with Gasteiger partial charge in [0.2, 0.25) is 0 Å². The number of aliphatic hydroxyl groups is 1. The van der Waals surface area contributed by atoms with Crippen LogP contribution in [-0.4, -0.2) is 96.7 Å². The van der Waals surface area contributed by atoms with Crippen LogP contribution in [0.3, 0.4) is 0 Å². The quantitative estimate of drug-likeness (QED) is 0.0222. The Balaban J connectivity index is 5.24. The molecule has 95 heavy (non-hydrogen) atoms. The Morgan fingerprint density at radius 3 is 0.716 bits per heavy atom. The highest BCUT2D eigenvalue weighted by atomic mass is 31.2. The summed E-state index contributed by atoms with van der Waals surface area (Å²) < 4.78 is 68.5. The first-order valence-electron chi connectivity index (χ1n) is 39.5. The van der Waals surface area contributed by atoms with E-state index in [2.05, 4.69) is 41.5 Å². The second kappa shape index (κ2) is 67.9. The van der Waals surface area contributed by atoms with Crippen molar-refractivity contribution < 1.29 is 80.2 Å². The van der Waals surface area contributed by atoms with Gasteiger partial charge in [-0.15, -0.1) is 0 Å². The molecule has 0 saturated heterocycles. The molecule has 2 unspecified atom stereocenters. The van der Waals surface area contributed by atoms with Crippen LogP contribution in [0.4, 0.5) is 0 Å². The monoisotopic (exact) mass is 1400 g/mol. The highest BCUT2D eigenvalue weighted by Crippen LogP contribution is 2.45. The largest absolute Gasteiger partial charge is 0.472 e. The van der Waals surface area contributed by atoms with Gasteiger partial charge in [-0.2, -0.15) is 0 Å². The van der Waals surface area contributed by atoms with Gasteiger partial charge in [0.25, 0.3) is 0 Å². The van der Waals surface area contributed by atoms with Crippen molar-refractivity contribution in [2.45, 2.75) is 413 Å². The number of hydrogen-bond acceptors (Lipinski definition) is 15. The van der Waals surface area contributed by atoms with Crippen molar-refractivity contribution in [2.24, 2.45) is 11.8 Å². The molecule has 0 spiro atoms. The molecule has 19 heteroatoms. The zero-order valence-electron chi connectivity index (χ0n) is 62.0. The highest BCUT2D eigenvalue weighted by molar-refractivity contribution is 7.47. The molecule has 0 aromatic rings. The first kappa shape index (κ1) is 93.1. The van der Waals surface area contributed by atoms with E-state index in [0.29, 0.717) is 25.7 Å². The molecule has 0 amide bonds. The summed E-state index contributed by atoms with van der Waals surface area (Å²) in [4.78, 5) is 72.8. The van der Waals surface area contributed by atoms with Crippen molar-refractivity contribution in [3.63, 3.8) is 0 Å². The van der Waals surface area contributed by atoms with Crippen LogP contribution >= 0.6 is 15.6 Å². The van der Waals surface area contributed by atoms with Crippen molar-refractivity contribution in [3.8, 4) is 0 Å². The van der Waals surface area contributed by atoms with Crippen molar-refractivity contribution in [1.82, 2.24) is 0 Å². The van der Waals surface area contributed by atoms with E-state index in [0.717, 1.165) is 102 Å². The first-order chi connectivity index (χ1) is 45.9. The van der Waals surface area contributed by atoms with Gasteiger partial charge in [-0.3, -0.25) is 37.3 Å². The summed E-state index contributed by atoms with van der Waals surface area (Å²) in [6, 6.07) is 0. The number of phosphoric ester groups is 2. The van der Waals surface area contributed by atoms with Gasteiger partial charge >= 0.3 is 39.5 Å².